The Bertz CT molecular complexity index is 183. The molecule has 0 spiro atoms. The van der Waals surface area contributed by atoms with Gasteiger partial charge in [0.2, 0.25) is 5.91 Å². The van der Waals surface area contributed by atoms with Gasteiger partial charge in [0.25, 0.3) is 0 Å². The zero-order valence-corrected chi connectivity index (χ0v) is 8.13. The van der Waals surface area contributed by atoms with E-state index in [1.165, 1.54) is 5.01 Å². The number of rotatable bonds is 3. The molecule has 3 heteroatoms. The molecule has 12 heavy (non-hydrogen) atoms. The van der Waals surface area contributed by atoms with Crippen LogP contribution in [0.5, 0.6) is 0 Å². The fourth-order valence-corrected chi connectivity index (χ4v) is 1.81. The molecule has 1 aliphatic carbocycles. The lowest BCUT2D eigenvalue weighted by Gasteiger charge is -2.20. The third-order valence-electron chi connectivity index (χ3n) is 2.43. The summed E-state index contributed by atoms with van der Waals surface area (Å²) in [5, 5.41) is 1.23. The molecule has 1 fully saturated rings. The number of amides is 1. The monoisotopic (exact) mass is 170 g/mol. The Balaban J connectivity index is 2.54. The molecule has 0 atom stereocenters. The first-order valence-electron chi connectivity index (χ1n) is 4.51. The van der Waals surface area contributed by atoms with Crippen molar-refractivity contribution in [2.45, 2.75) is 33.1 Å². The Morgan fingerprint density at radius 2 is 2.08 bits per heavy atom. The Morgan fingerprint density at radius 3 is 2.33 bits per heavy atom. The molecule has 0 aliphatic heterocycles. The average molecular weight is 170 g/mol. The van der Waals surface area contributed by atoms with E-state index in [0.29, 0.717) is 5.92 Å². The molecule has 3 nitrogen and oxygen atoms in total. The molecule has 0 heterocycles. The van der Waals surface area contributed by atoms with Gasteiger partial charge in [-0.2, -0.15) is 0 Å². The summed E-state index contributed by atoms with van der Waals surface area (Å²) in [5.74, 6) is 6.11. The quantitative estimate of drug-likeness (QED) is 0.392. The summed E-state index contributed by atoms with van der Waals surface area (Å²) >= 11 is 0. The van der Waals surface area contributed by atoms with Crippen LogP contribution in [0.1, 0.15) is 33.1 Å². The van der Waals surface area contributed by atoms with Crippen molar-refractivity contribution in [3.05, 3.63) is 0 Å². The van der Waals surface area contributed by atoms with Crippen molar-refractivity contribution in [2.24, 2.45) is 17.2 Å². The summed E-state index contributed by atoms with van der Waals surface area (Å²) in [6, 6.07) is 0. The minimum absolute atomic E-state index is 0.0856. The second-order valence-corrected chi connectivity index (χ2v) is 4.29. The van der Waals surface area contributed by atoms with Gasteiger partial charge in [-0.05, 0) is 25.2 Å². The molecule has 0 bridgehead atoms. The van der Waals surface area contributed by atoms with Crippen LogP contribution in [0.4, 0.5) is 0 Å². The molecule has 0 radical (unpaired) electrons. The average Bonchev–Trinajstić information content (AvgIpc) is 2.66. The predicted octanol–water partition coefficient (Wildman–Crippen LogP) is 1.14. The van der Waals surface area contributed by atoms with E-state index in [1.54, 1.807) is 7.05 Å². The van der Waals surface area contributed by atoms with Gasteiger partial charge in [0.15, 0.2) is 0 Å². The lowest BCUT2D eigenvalue weighted by Crippen LogP contribution is -2.39. The highest BCUT2D eigenvalue weighted by molar-refractivity contribution is 5.84. The number of carbonyl (C=O) groups excluding carboxylic acids is 1. The van der Waals surface area contributed by atoms with E-state index in [0.717, 1.165) is 19.3 Å². The number of nitrogens with two attached hydrogens (primary N) is 1. The molecule has 0 aromatic rings. The van der Waals surface area contributed by atoms with Crippen LogP contribution in [0.25, 0.3) is 0 Å². The van der Waals surface area contributed by atoms with Gasteiger partial charge in [0.1, 0.15) is 0 Å². The second kappa shape index (κ2) is 3.05. The molecule has 2 N–H and O–H groups in total. The molecule has 1 amide bonds. The van der Waals surface area contributed by atoms with E-state index in [4.69, 9.17) is 5.84 Å². The summed E-state index contributed by atoms with van der Waals surface area (Å²) < 4.78 is 0. The van der Waals surface area contributed by atoms with Crippen molar-refractivity contribution in [2.75, 3.05) is 7.05 Å². The van der Waals surface area contributed by atoms with Gasteiger partial charge < -0.3 is 0 Å². The lowest BCUT2D eigenvalue weighted by molar-refractivity contribution is -0.136. The lowest BCUT2D eigenvalue weighted by atomic mass is 9.93. The number of hydrogen-bond acceptors (Lipinski definition) is 2. The van der Waals surface area contributed by atoms with Crippen molar-refractivity contribution < 1.29 is 4.79 Å². The van der Waals surface area contributed by atoms with Crippen LogP contribution in [0, 0.1) is 11.3 Å². The van der Waals surface area contributed by atoms with Gasteiger partial charge in [0, 0.05) is 7.05 Å². The maximum atomic E-state index is 11.6. The van der Waals surface area contributed by atoms with Gasteiger partial charge >= 0.3 is 0 Å². The van der Waals surface area contributed by atoms with E-state index in [1.807, 2.05) is 0 Å². The number of carbonyl (C=O) groups is 1. The molecular weight excluding hydrogens is 152 g/mol. The van der Waals surface area contributed by atoms with Gasteiger partial charge in [-0.25, -0.2) is 5.84 Å². The molecule has 0 aromatic carbocycles. The highest BCUT2D eigenvalue weighted by Gasteiger charge is 2.50. The van der Waals surface area contributed by atoms with Crippen molar-refractivity contribution >= 4 is 5.91 Å². The molecule has 1 aliphatic rings. The van der Waals surface area contributed by atoms with Gasteiger partial charge in [-0.1, -0.05) is 13.8 Å². The van der Waals surface area contributed by atoms with Crippen molar-refractivity contribution in [1.29, 1.82) is 0 Å². The standard InChI is InChI=1S/C9H18N2O/c1-7(2)6-9(4-5-9)8(12)11(3)10/h7H,4-6,10H2,1-3H3. The summed E-state index contributed by atoms with van der Waals surface area (Å²) in [7, 11) is 1.63. The number of hydrazine groups is 1. The van der Waals surface area contributed by atoms with Crippen molar-refractivity contribution in [3.63, 3.8) is 0 Å². The molecule has 1 saturated carbocycles. The topological polar surface area (TPSA) is 46.3 Å². The highest BCUT2D eigenvalue weighted by atomic mass is 16.2. The molecule has 0 aromatic heterocycles. The SMILES string of the molecule is CC(C)CC1(C(=O)N(C)N)CC1. The Morgan fingerprint density at radius 1 is 1.58 bits per heavy atom. The maximum Gasteiger partial charge on any atom is 0.242 e. The molecule has 1 rings (SSSR count). The van der Waals surface area contributed by atoms with Gasteiger partial charge in [0.05, 0.1) is 5.41 Å². The zero-order chi connectivity index (χ0) is 9.35. The smallest absolute Gasteiger partial charge is 0.242 e. The normalized spacial score (nSPS) is 19.4. The minimum atomic E-state index is -0.0856. The Hall–Kier alpha value is -0.570. The summed E-state index contributed by atoms with van der Waals surface area (Å²) in [6.45, 7) is 4.29. The molecule has 0 unspecified atom stereocenters. The van der Waals surface area contributed by atoms with Crippen LogP contribution in [0.15, 0.2) is 0 Å². The maximum absolute atomic E-state index is 11.6. The van der Waals surface area contributed by atoms with Crippen LogP contribution < -0.4 is 5.84 Å². The Labute approximate surface area is 73.9 Å². The van der Waals surface area contributed by atoms with E-state index >= 15 is 0 Å². The molecule has 0 saturated heterocycles. The first-order chi connectivity index (χ1) is 5.48. The van der Waals surface area contributed by atoms with Gasteiger partial charge in [-0.15, -0.1) is 0 Å². The van der Waals surface area contributed by atoms with E-state index in [-0.39, 0.29) is 11.3 Å². The van der Waals surface area contributed by atoms with Crippen molar-refractivity contribution in [3.8, 4) is 0 Å². The third-order valence-corrected chi connectivity index (χ3v) is 2.43. The fraction of sp³-hybridized carbons (Fsp3) is 0.889. The second-order valence-electron chi connectivity index (χ2n) is 4.29. The Kier molecular flexibility index (Phi) is 2.42. The molecular formula is C9H18N2O. The predicted molar refractivity (Wildman–Crippen MR) is 48.1 cm³/mol. The molecule has 70 valence electrons. The van der Waals surface area contributed by atoms with E-state index in [2.05, 4.69) is 13.8 Å². The first kappa shape index (κ1) is 9.52. The van der Waals surface area contributed by atoms with Crippen LogP contribution in [-0.4, -0.2) is 18.0 Å². The third kappa shape index (κ3) is 1.78. The van der Waals surface area contributed by atoms with Crippen LogP contribution in [-0.2, 0) is 4.79 Å². The summed E-state index contributed by atoms with van der Waals surface area (Å²) in [5.41, 5.74) is -0.0856. The van der Waals surface area contributed by atoms with Crippen LogP contribution >= 0.6 is 0 Å². The van der Waals surface area contributed by atoms with Gasteiger partial charge in [-0.3, -0.25) is 9.80 Å². The fourth-order valence-electron chi connectivity index (χ4n) is 1.81. The number of hydrogen-bond donors (Lipinski definition) is 1. The van der Waals surface area contributed by atoms with Crippen LogP contribution in [0.3, 0.4) is 0 Å². The highest BCUT2D eigenvalue weighted by Crippen LogP contribution is 2.51. The van der Waals surface area contributed by atoms with Crippen molar-refractivity contribution in [1.82, 2.24) is 5.01 Å². The first-order valence-corrected chi connectivity index (χ1v) is 4.51. The van der Waals surface area contributed by atoms with E-state index in [9.17, 15) is 4.79 Å². The van der Waals surface area contributed by atoms with Crippen LogP contribution in [0.2, 0.25) is 0 Å². The summed E-state index contributed by atoms with van der Waals surface area (Å²) in [6.07, 6.45) is 3.02. The number of nitrogens with zero attached hydrogens (tertiary/aromatic N) is 1. The zero-order valence-electron chi connectivity index (χ0n) is 8.13. The van der Waals surface area contributed by atoms with E-state index < -0.39 is 0 Å². The largest absolute Gasteiger partial charge is 0.283 e. The minimum Gasteiger partial charge on any atom is -0.283 e. The summed E-state index contributed by atoms with van der Waals surface area (Å²) in [4.78, 5) is 11.6.